The van der Waals surface area contributed by atoms with Gasteiger partial charge in [0.05, 0.1) is 11.4 Å². The maximum atomic E-state index is 10.8. The topological polar surface area (TPSA) is 63.1 Å². The lowest BCUT2D eigenvalue weighted by molar-refractivity contribution is 0.563. The summed E-state index contributed by atoms with van der Waals surface area (Å²) < 4.78 is 19.7. The molecule has 0 aliphatic carbocycles. The summed E-state index contributed by atoms with van der Waals surface area (Å²) in [5, 5.41) is 0. The minimum absolute atomic E-state index is 0.151. The molecule has 4 nitrogen and oxygen atoms in total. The van der Waals surface area contributed by atoms with Gasteiger partial charge in [-0.05, 0) is 29.3 Å². The molecule has 0 amide bonds. The van der Waals surface area contributed by atoms with E-state index in [2.05, 4.69) is 9.97 Å². The normalized spacial score (nSPS) is 12.0. The fraction of sp³-hybridized carbons (Fsp3) is 0.0588. The molecule has 5 heteroatoms. The van der Waals surface area contributed by atoms with E-state index in [0.29, 0.717) is 0 Å². The Morgan fingerprint density at radius 2 is 1.68 bits per heavy atom. The molecule has 0 bridgehead atoms. The second-order valence-corrected chi connectivity index (χ2v) is 5.77. The molecule has 110 valence electrons. The number of nitrogens with zero attached hydrogens (tertiary/aromatic N) is 2. The molecule has 0 saturated heterocycles. The number of rotatable bonds is 4. The number of aromatic nitrogens is 2. The quantitative estimate of drug-likeness (QED) is 0.749. The summed E-state index contributed by atoms with van der Waals surface area (Å²) in [5.74, 6) is 0.151. The largest absolute Gasteiger partial charge is 0.306 e. The molecular weight excluding hydrogens is 296 g/mol. The first-order valence-electron chi connectivity index (χ1n) is 6.75. The summed E-state index contributed by atoms with van der Waals surface area (Å²) in [6.45, 7) is 0. The van der Waals surface area contributed by atoms with Gasteiger partial charge in [0, 0.05) is 29.7 Å². The summed E-state index contributed by atoms with van der Waals surface area (Å²) >= 11 is -1.81. The Morgan fingerprint density at radius 1 is 0.909 bits per heavy atom. The minimum atomic E-state index is -1.81. The molecule has 0 spiro atoms. The zero-order valence-electron chi connectivity index (χ0n) is 11.7. The Morgan fingerprint density at radius 3 is 2.27 bits per heavy atom. The highest BCUT2D eigenvalue weighted by molar-refractivity contribution is 7.78. The van der Waals surface area contributed by atoms with Crippen LogP contribution < -0.4 is 0 Å². The molecule has 1 atom stereocenters. The predicted octanol–water partition coefficient (Wildman–Crippen LogP) is 3.53. The minimum Gasteiger partial charge on any atom is -0.306 e. The molecule has 22 heavy (non-hydrogen) atoms. The van der Waals surface area contributed by atoms with Gasteiger partial charge < -0.3 is 4.55 Å². The molecule has 1 unspecified atom stereocenters. The van der Waals surface area contributed by atoms with Crippen LogP contribution in [0.2, 0.25) is 0 Å². The maximum Gasteiger partial charge on any atom is 0.157 e. The van der Waals surface area contributed by atoms with E-state index in [0.717, 1.165) is 27.9 Å². The van der Waals surface area contributed by atoms with E-state index < -0.39 is 11.1 Å². The molecule has 0 aliphatic heterocycles. The summed E-state index contributed by atoms with van der Waals surface area (Å²) in [4.78, 5) is 8.56. The van der Waals surface area contributed by atoms with E-state index >= 15 is 0 Å². The van der Waals surface area contributed by atoms with Crippen molar-refractivity contribution in [3.05, 3.63) is 72.7 Å². The highest BCUT2D eigenvalue weighted by atomic mass is 32.2. The summed E-state index contributed by atoms with van der Waals surface area (Å²) in [6.07, 6.45) is 5.34. The lowest BCUT2D eigenvalue weighted by atomic mass is 10.1. The van der Waals surface area contributed by atoms with Crippen molar-refractivity contribution in [1.29, 1.82) is 0 Å². The van der Waals surface area contributed by atoms with Crippen LogP contribution in [0.1, 0.15) is 5.56 Å². The SMILES string of the molecule is O=S(O)Cc1ccc(-c2ccc(-c3cccnc3)nc2)cc1. The first-order chi connectivity index (χ1) is 10.7. The molecule has 0 saturated carbocycles. The third kappa shape index (κ3) is 3.44. The van der Waals surface area contributed by atoms with Gasteiger partial charge in [-0.1, -0.05) is 30.3 Å². The van der Waals surface area contributed by atoms with Crippen LogP contribution in [0.25, 0.3) is 22.4 Å². The molecule has 0 fully saturated rings. The van der Waals surface area contributed by atoms with Gasteiger partial charge in [-0.3, -0.25) is 9.97 Å². The molecular formula is C17H14N2O2S. The Bertz CT molecular complexity index is 772. The first-order valence-corrected chi connectivity index (χ1v) is 8.03. The van der Waals surface area contributed by atoms with Gasteiger partial charge in [0.15, 0.2) is 11.1 Å². The van der Waals surface area contributed by atoms with Gasteiger partial charge in [0.25, 0.3) is 0 Å². The average molecular weight is 310 g/mol. The fourth-order valence-corrected chi connectivity index (χ4v) is 2.66. The highest BCUT2D eigenvalue weighted by Crippen LogP contribution is 2.22. The average Bonchev–Trinajstić information content (AvgIpc) is 2.56. The number of hydrogen-bond donors (Lipinski definition) is 1. The van der Waals surface area contributed by atoms with Gasteiger partial charge in [0.2, 0.25) is 0 Å². The van der Waals surface area contributed by atoms with E-state index in [1.54, 1.807) is 12.4 Å². The zero-order valence-corrected chi connectivity index (χ0v) is 12.5. The van der Waals surface area contributed by atoms with Crippen molar-refractivity contribution < 1.29 is 8.76 Å². The molecule has 0 aliphatic rings. The van der Waals surface area contributed by atoms with E-state index in [4.69, 9.17) is 4.55 Å². The van der Waals surface area contributed by atoms with E-state index in [-0.39, 0.29) is 5.75 Å². The summed E-state index contributed by atoms with van der Waals surface area (Å²) in [5.41, 5.74) is 4.73. The van der Waals surface area contributed by atoms with Gasteiger partial charge in [-0.25, -0.2) is 4.21 Å². The van der Waals surface area contributed by atoms with Gasteiger partial charge in [0.1, 0.15) is 0 Å². The Balaban J connectivity index is 1.82. The van der Waals surface area contributed by atoms with Gasteiger partial charge in [-0.2, -0.15) is 0 Å². The lowest BCUT2D eigenvalue weighted by Gasteiger charge is -2.05. The van der Waals surface area contributed by atoms with Crippen molar-refractivity contribution in [3.63, 3.8) is 0 Å². The third-order valence-corrected chi connectivity index (χ3v) is 3.88. The van der Waals surface area contributed by atoms with E-state index in [1.807, 2.05) is 54.7 Å². The Labute approximate surface area is 131 Å². The zero-order chi connectivity index (χ0) is 15.4. The van der Waals surface area contributed by atoms with Crippen molar-refractivity contribution in [2.45, 2.75) is 5.75 Å². The Hall–Kier alpha value is -2.37. The van der Waals surface area contributed by atoms with Crippen LogP contribution in [-0.4, -0.2) is 18.7 Å². The first kappa shape index (κ1) is 14.6. The maximum absolute atomic E-state index is 10.8. The van der Waals surface area contributed by atoms with Crippen LogP contribution in [0.5, 0.6) is 0 Å². The number of pyridine rings is 2. The molecule has 2 aromatic heterocycles. The fourth-order valence-electron chi connectivity index (χ4n) is 2.19. The second kappa shape index (κ2) is 6.60. The molecule has 0 radical (unpaired) electrons. The molecule has 3 aromatic rings. The molecule has 1 N–H and O–H groups in total. The standard InChI is InChI=1S/C17H14N2O2S/c20-22(21)12-13-3-5-14(6-4-13)15-7-8-17(19-11-15)16-2-1-9-18-10-16/h1-11H,12H2,(H,20,21). The lowest BCUT2D eigenvalue weighted by Crippen LogP contribution is -1.92. The number of hydrogen-bond acceptors (Lipinski definition) is 3. The smallest absolute Gasteiger partial charge is 0.157 e. The molecule has 3 rings (SSSR count). The third-order valence-electron chi connectivity index (χ3n) is 3.30. The van der Waals surface area contributed by atoms with Crippen LogP contribution in [0.3, 0.4) is 0 Å². The van der Waals surface area contributed by atoms with Crippen molar-refractivity contribution >= 4 is 11.1 Å². The predicted molar refractivity (Wildman–Crippen MR) is 87.4 cm³/mol. The van der Waals surface area contributed by atoms with Crippen LogP contribution in [0.4, 0.5) is 0 Å². The van der Waals surface area contributed by atoms with Gasteiger partial charge >= 0.3 is 0 Å². The van der Waals surface area contributed by atoms with E-state index in [9.17, 15) is 4.21 Å². The highest BCUT2D eigenvalue weighted by Gasteiger charge is 2.03. The molecule has 1 aromatic carbocycles. The number of benzene rings is 1. The van der Waals surface area contributed by atoms with Crippen molar-refractivity contribution in [3.8, 4) is 22.4 Å². The van der Waals surface area contributed by atoms with E-state index in [1.165, 1.54) is 0 Å². The van der Waals surface area contributed by atoms with Crippen molar-refractivity contribution in [2.24, 2.45) is 0 Å². The monoisotopic (exact) mass is 310 g/mol. The van der Waals surface area contributed by atoms with Crippen LogP contribution in [0, 0.1) is 0 Å². The van der Waals surface area contributed by atoms with Crippen LogP contribution >= 0.6 is 0 Å². The van der Waals surface area contributed by atoms with Crippen molar-refractivity contribution in [2.75, 3.05) is 0 Å². The molecule has 2 heterocycles. The summed E-state index contributed by atoms with van der Waals surface area (Å²) in [7, 11) is 0. The van der Waals surface area contributed by atoms with Gasteiger partial charge in [-0.15, -0.1) is 0 Å². The summed E-state index contributed by atoms with van der Waals surface area (Å²) in [6, 6.07) is 15.4. The van der Waals surface area contributed by atoms with Crippen LogP contribution in [0.15, 0.2) is 67.1 Å². The Kier molecular flexibility index (Phi) is 4.37. The second-order valence-electron chi connectivity index (χ2n) is 4.84. The van der Waals surface area contributed by atoms with Crippen LogP contribution in [-0.2, 0) is 16.8 Å². The van der Waals surface area contributed by atoms with Crippen molar-refractivity contribution in [1.82, 2.24) is 9.97 Å².